The maximum absolute atomic E-state index is 4.87. The predicted octanol–water partition coefficient (Wildman–Crippen LogP) is 3.72. The zero-order chi connectivity index (χ0) is 15.7. The topological polar surface area (TPSA) is 56.0 Å². The Morgan fingerprint density at radius 3 is 2.46 bits per heavy atom. The van der Waals surface area contributed by atoms with E-state index in [1.54, 1.807) is 17.5 Å². The van der Waals surface area contributed by atoms with Gasteiger partial charge in [-0.15, -0.1) is 10.2 Å². The van der Waals surface area contributed by atoms with Crippen molar-refractivity contribution in [3.8, 4) is 10.6 Å². The molecular weight excluding hydrogens is 318 g/mol. The van der Waals surface area contributed by atoms with Gasteiger partial charge in [-0.05, 0) is 68.4 Å². The summed E-state index contributed by atoms with van der Waals surface area (Å²) >= 11 is 1.61. The van der Waals surface area contributed by atoms with Crippen molar-refractivity contribution in [2.24, 2.45) is 17.8 Å². The molecule has 3 aromatic rings. The van der Waals surface area contributed by atoms with Gasteiger partial charge < -0.3 is 0 Å². The Morgan fingerprint density at radius 2 is 1.79 bits per heavy atom. The number of aromatic nitrogens is 5. The first-order valence-electron chi connectivity index (χ1n) is 8.92. The lowest BCUT2D eigenvalue weighted by Gasteiger charge is -2.55. The van der Waals surface area contributed by atoms with Crippen LogP contribution in [0, 0.1) is 17.8 Å². The minimum atomic E-state index is 0.231. The summed E-state index contributed by atoms with van der Waals surface area (Å²) in [5, 5.41) is 15.0. The van der Waals surface area contributed by atoms with Gasteiger partial charge in [-0.3, -0.25) is 4.98 Å². The molecule has 0 spiro atoms. The molecule has 6 heteroatoms. The quantitative estimate of drug-likeness (QED) is 0.715. The van der Waals surface area contributed by atoms with Gasteiger partial charge in [0.2, 0.25) is 4.96 Å². The van der Waals surface area contributed by atoms with Gasteiger partial charge in [0, 0.05) is 23.4 Å². The summed E-state index contributed by atoms with van der Waals surface area (Å²) in [6.45, 7) is 0. The van der Waals surface area contributed by atoms with E-state index in [2.05, 4.69) is 21.2 Å². The first-order valence-corrected chi connectivity index (χ1v) is 9.74. The van der Waals surface area contributed by atoms with E-state index in [9.17, 15) is 0 Å². The summed E-state index contributed by atoms with van der Waals surface area (Å²) in [6, 6.07) is 4.01. The zero-order valence-electron chi connectivity index (χ0n) is 13.4. The molecule has 4 fully saturated rings. The lowest BCUT2D eigenvalue weighted by molar-refractivity contribution is -0.0103. The number of rotatable bonds is 2. The van der Waals surface area contributed by atoms with E-state index in [1.165, 1.54) is 38.5 Å². The number of hydrogen-bond acceptors (Lipinski definition) is 5. The van der Waals surface area contributed by atoms with Crippen LogP contribution in [0.4, 0.5) is 0 Å². The van der Waals surface area contributed by atoms with E-state index < -0.39 is 0 Å². The molecule has 4 bridgehead atoms. The van der Waals surface area contributed by atoms with E-state index in [-0.39, 0.29) is 5.41 Å². The SMILES string of the molecule is c1cncc(-c2nn3c(C45CC6CC(CC(C6)C4)C5)nnc3s2)c1. The molecule has 0 saturated heterocycles. The Morgan fingerprint density at radius 1 is 1.04 bits per heavy atom. The molecule has 4 aliphatic rings. The number of fused-ring (bicyclic) bond motifs is 1. The van der Waals surface area contributed by atoms with Crippen LogP contribution in [0.3, 0.4) is 0 Å². The summed E-state index contributed by atoms with van der Waals surface area (Å²) < 4.78 is 2.04. The van der Waals surface area contributed by atoms with E-state index >= 15 is 0 Å². The lowest BCUT2D eigenvalue weighted by atomic mass is 9.49. The van der Waals surface area contributed by atoms with Crippen molar-refractivity contribution in [2.75, 3.05) is 0 Å². The molecule has 0 radical (unpaired) electrons. The highest BCUT2D eigenvalue weighted by Gasteiger charge is 2.54. The summed E-state index contributed by atoms with van der Waals surface area (Å²) in [7, 11) is 0. The second-order valence-corrected chi connectivity index (χ2v) is 9.02. The highest BCUT2D eigenvalue weighted by atomic mass is 32.1. The number of pyridine rings is 1. The van der Waals surface area contributed by atoms with Crippen LogP contribution in [0.1, 0.15) is 44.3 Å². The van der Waals surface area contributed by atoms with Gasteiger partial charge >= 0.3 is 0 Å². The molecule has 5 nitrogen and oxygen atoms in total. The molecule has 7 rings (SSSR count). The molecule has 24 heavy (non-hydrogen) atoms. The third kappa shape index (κ3) is 1.80. The fourth-order valence-electron chi connectivity index (χ4n) is 5.94. The molecule has 0 unspecified atom stereocenters. The Hall–Kier alpha value is -1.82. The monoisotopic (exact) mass is 337 g/mol. The Labute approximate surface area is 144 Å². The second kappa shape index (κ2) is 4.63. The molecule has 0 atom stereocenters. The summed E-state index contributed by atoms with van der Waals surface area (Å²) in [4.78, 5) is 5.13. The molecule has 4 saturated carbocycles. The van der Waals surface area contributed by atoms with Gasteiger partial charge in [-0.1, -0.05) is 11.3 Å². The smallest absolute Gasteiger partial charge is 0.235 e. The van der Waals surface area contributed by atoms with Crippen molar-refractivity contribution in [2.45, 2.75) is 43.9 Å². The molecule has 0 aromatic carbocycles. The van der Waals surface area contributed by atoms with Crippen molar-refractivity contribution in [3.05, 3.63) is 30.4 Å². The Kier molecular flexibility index (Phi) is 2.60. The van der Waals surface area contributed by atoms with Crippen LogP contribution in [0.25, 0.3) is 15.5 Å². The largest absolute Gasteiger partial charge is 0.264 e. The first-order chi connectivity index (χ1) is 11.8. The average molecular weight is 337 g/mol. The van der Waals surface area contributed by atoms with Crippen LogP contribution >= 0.6 is 11.3 Å². The van der Waals surface area contributed by atoms with Gasteiger partial charge in [0.05, 0.1) is 0 Å². The predicted molar refractivity (Wildman–Crippen MR) is 91.7 cm³/mol. The highest BCUT2D eigenvalue weighted by Crippen LogP contribution is 2.60. The highest BCUT2D eigenvalue weighted by molar-refractivity contribution is 7.19. The fourth-order valence-corrected chi connectivity index (χ4v) is 6.77. The van der Waals surface area contributed by atoms with Crippen LogP contribution in [0.5, 0.6) is 0 Å². The third-order valence-electron chi connectivity index (χ3n) is 6.41. The molecule has 3 heterocycles. The molecule has 3 aromatic heterocycles. The van der Waals surface area contributed by atoms with Crippen LogP contribution in [-0.4, -0.2) is 24.8 Å². The number of nitrogens with zero attached hydrogens (tertiary/aromatic N) is 5. The van der Waals surface area contributed by atoms with Gasteiger partial charge in [0.1, 0.15) is 5.01 Å². The molecule has 122 valence electrons. The van der Waals surface area contributed by atoms with Crippen molar-refractivity contribution in [1.29, 1.82) is 0 Å². The zero-order valence-corrected chi connectivity index (χ0v) is 14.2. The van der Waals surface area contributed by atoms with E-state index in [1.807, 2.05) is 16.8 Å². The summed E-state index contributed by atoms with van der Waals surface area (Å²) in [5.74, 6) is 3.84. The lowest BCUT2D eigenvalue weighted by Crippen LogP contribution is -2.49. The van der Waals surface area contributed by atoms with Crippen LogP contribution in [0.2, 0.25) is 0 Å². The van der Waals surface area contributed by atoms with Crippen molar-refractivity contribution >= 4 is 16.3 Å². The summed E-state index contributed by atoms with van der Waals surface area (Å²) in [6.07, 6.45) is 11.9. The van der Waals surface area contributed by atoms with Gasteiger partial charge in [0.15, 0.2) is 5.82 Å². The van der Waals surface area contributed by atoms with Gasteiger partial charge in [-0.25, -0.2) is 0 Å². The van der Waals surface area contributed by atoms with Gasteiger partial charge in [0.25, 0.3) is 0 Å². The minimum Gasteiger partial charge on any atom is -0.264 e. The van der Waals surface area contributed by atoms with Gasteiger partial charge in [-0.2, -0.15) is 9.61 Å². The van der Waals surface area contributed by atoms with E-state index in [0.29, 0.717) is 0 Å². The summed E-state index contributed by atoms with van der Waals surface area (Å²) in [5.41, 5.74) is 1.29. The number of hydrogen-bond donors (Lipinski definition) is 0. The maximum atomic E-state index is 4.87. The maximum Gasteiger partial charge on any atom is 0.235 e. The second-order valence-electron chi connectivity index (χ2n) is 8.06. The normalized spacial score (nSPS) is 34.2. The average Bonchev–Trinajstić information content (AvgIpc) is 3.14. The van der Waals surface area contributed by atoms with Crippen LogP contribution in [0.15, 0.2) is 24.5 Å². The van der Waals surface area contributed by atoms with Crippen LogP contribution < -0.4 is 0 Å². The van der Waals surface area contributed by atoms with Crippen molar-refractivity contribution < 1.29 is 0 Å². The standard InChI is InChI=1S/C18H19N5S/c1-2-14(10-19-3-1)15-22-23-16(20-21-17(23)24-15)18-7-11-4-12(8-18)6-13(5-11)9-18/h1-3,10-13H,4-9H2. The van der Waals surface area contributed by atoms with E-state index in [4.69, 9.17) is 5.10 Å². The van der Waals surface area contributed by atoms with E-state index in [0.717, 1.165) is 39.1 Å². The van der Waals surface area contributed by atoms with Crippen molar-refractivity contribution in [3.63, 3.8) is 0 Å². The molecule has 0 amide bonds. The first kappa shape index (κ1) is 13.5. The Balaban J connectivity index is 1.48. The third-order valence-corrected chi connectivity index (χ3v) is 7.36. The fraction of sp³-hybridized carbons (Fsp3) is 0.556. The van der Waals surface area contributed by atoms with Crippen LogP contribution in [-0.2, 0) is 5.41 Å². The molecular formula is C18H19N5S. The van der Waals surface area contributed by atoms with Crippen molar-refractivity contribution in [1.82, 2.24) is 24.8 Å². The molecule has 0 aliphatic heterocycles. The molecule has 4 aliphatic carbocycles. The molecule has 0 N–H and O–H groups in total. The minimum absolute atomic E-state index is 0.231. The Bertz CT molecular complexity index is 877.